The molecule has 0 aliphatic heterocycles. The van der Waals surface area contributed by atoms with Crippen molar-refractivity contribution in [1.82, 2.24) is 5.32 Å². The van der Waals surface area contributed by atoms with Crippen LogP contribution in [0.4, 0.5) is 4.79 Å². The van der Waals surface area contributed by atoms with Gasteiger partial charge in [-0.3, -0.25) is 4.79 Å². The lowest BCUT2D eigenvalue weighted by atomic mass is 10.0. The lowest BCUT2D eigenvalue weighted by molar-refractivity contribution is -0.144. The Morgan fingerprint density at radius 2 is 1.89 bits per heavy atom. The highest BCUT2D eigenvalue weighted by atomic mass is 16.6. The Hall–Kier alpha value is -1.52. The lowest BCUT2D eigenvalue weighted by Gasteiger charge is -2.25. The third-order valence-electron chi connectivity index (χ3n) is 2.34. The molecule has 0 fully saturated rings. The van der Waals surface area contributed by atoms with Gasteiger partial charge in [0.05, 0.1) is 6.04 Å². The van der Waals surface area contributed by atoms with Crippen molar-refractivity contribution >= 4 is 12.1 Å². The fourth-order valence-electron chi connectivity index (χ4n) is 1.68. The molecule has 0 heterocycles. The first-order chi connectivity index (χ1) is 8.26. The van der Waals surface area contributed by atoms with E-state index in [0.717, 1.165) is 6.42 Å². The number of nitrogens with one attached hydrogen (secondary N) is 1. The highest BCUT2D eigenvalue weighted by molar-refractivity contribution is 5.68. The molecule has 1 aliphatic carbocycles. The molecule has 1 N–H and O–H groups in total. The Balaban J connectivity index is 2.38. The Morgan fingerprint density at radius 1 is 1.22 bits per heavy atom. The van der Waals surface area contributed by atoms with Crippen molar-refractivity contribution in [2.24, 2.45) is 0 Å². The fourth-order valence-corrected chi connectivity index (χ4v) is 1.68. The van der Waals surface area contributed by atoms with Gasteiger partial charge in [0.15, 0.2) is 0 Å². The second kappa shape index (κ2) is 5.89. The van der Waals surface area contributed by atoms with Crippen LogP contribution in [0.1, 0.15) is 40.5 Å². The number of rotatable bonds is 2. The second-order valence-electron chi connectivity index (χ2n) is 5.36. The van der Waals surface area contributed by atoms with Crippen LogP contribution in [0.5, 0.6) is 0 Å². The summed E-state index contributed by atoms with van der Waals surface area (Å²) in [5, 5.41) is 2.76. The van der Waals surface area contributed by atoms with Gasteiger partial charge in [-0.2, -0.15) is 0 Å². The van der Waals surface area contributed by atoms with E-state index in [2.05, 4.69) is 5.32 Å². The number of hydrogen-bond donors (Lipinski definition) is 1. The van der Waals surface area contributed by atoms with Gasteiger partial charge in [0.25, 0.3) is 0 Å². The number of ether oxygens (including phenoxy) is 2. The molecule has 5 nitrogen and oxygen atoms in total. The molecule has 0 unspecified atom stereocenters. The molecule has 0 bridgehead atoms. The van der Waals surface area contributed by atoms with Gasteiger partial charge in [0, 0.05) is 6.92 Å². The number of alkyl carbamates (subject to hydrolysis) is 1. The minimum absolute atomic E-state index is 0.0633. The molecule has 0 aromatic heterocycles. The number of esters is 1. The van der Waals surface area contributed by atoms with Crippen molar-refractivity contribution in [1.29, 1.82) is 0 Å². The van der Waals surface area contributed by atoms with Gasteiger partial charge < -0.3 is 14.8 Å². The van der Waals surface area contributed by atoms with Crippen LogP contribution in [0.25, 0.3) is 0 Å². The van der Waals surface area contributed by atoms with Crippen molar-refractivity contribution in [2.75, 3.05) is 0 Å². The van der Waals surface area contributed by atoms with E-state index in [9.17, 15) is 9.59 Å². The normalized spacial score (nSPS) is 23.3. The molecule has 0 radical (unpaired) electrons. The van der Waals surface area contributed by atoms with Crippen LogP contribution in [0.3, 0.4) is 0 Å². The molecule has 1 amide bonds. The average Bonchev–Trinajstić information content (AvgIpc) is 2.17. The Labute approximate surface area is 108 Å². The SMILES string of the molecule is CC(=O)O[C@@H]1C=C[C@@H](NC(=O)OC(C)(C)C)CC1. The smallest absolute Gasteiger partial charge is 0.408 e. The molecule has 1 rings (SSSR count). The molecule has 0 spiro atoms. The van der Waals surface area contributed by atoms with E-state index >= 15 is 0 Å². The van der Waals surface area contributed by atoms with E-state index in [1.807, 2.05) is 26.8 Å². The number of amides is 1. The molecule has 18 heavy (non-hydrogen) atoms. The summed E-state index contributed by atoms with van der Waals surface area (Å²) in [7, 11) is 0. The Bertz CT molecular complexity index is 343. The summed E-state index contributed by atoms with van der Waals surface area (Å²) in [5.74, 6) is -0.289. The summed E-state index contributed by atoms with van der Waals surface area (Å²) in [5.41, 5.74) is -0.497. The van der Waals surface area contributed by atoms with Crippen LogP contribution in [0.2, 0.25) is 0 Å². The van der Waals surface area contributed by atoms with E-state index in [1.54, 1.807) is 6.08 Å². The topological polar surface area (TPSA) is 64.6 Å². The van der Waals surface area contributed by atoms with Crippen molar-refractivity contribution in [2.45, 2.75) is 58.3 Å². The van der Waals surface area contributed by atoms with E-state index < -0.39 is 11.7 Å². The van der Waals surface area contributed by atoms with Crippen LogP contribution in [0.15, 0.2) is 12.2 Å². The monoisotopic (exact) mass is 255 g/mol. The average molecular weight is 255 g/mol. The predicted molar refractivity (Wildman–Crippen MR) is 67.1 cm³/mol. The minimum Gasteiger partial charge on any atom is -0.458 e. The first-order valence-corrected chi connectivity index (χ1v) is 6.11. The minimum atomic E-state index is -0.497. The van der Waals surface area contributed by atoms with Crippen LogP contribution >= 0.6 is 0 Å². The van der Waals surface area contributed by atoms with Gasteiger partial charge >= 0.3 is 12.1 Å². The highest BCUT2D eigenvalue weighted by Gasteiger charge is 2.22. The van der Waals surface area contributed by atoms with Crippen molar-refractivity contribution < 1.29 is 19.1 Å². The Morgan fingerprint density at radius 3 is 2.33 bits per heavy atom. The maximum Gasteiger partial charge on any atom is 0.408 e. The van der Waals surface area contributed by atoms with Crippen molar-refractivity contribution in [3.05, 3.63) is 12.2 Å². The van der Waals surface area contributed by atoms with E-state index in [-0.39, 0.29) is 18.1 Å². The third-order valence-corrected chi connectivity index (χ3v) is 2.34. The van der Waals surface area contributed by atoms with E-state index in [0.29, 0.717) is 6.42 Å². The van der Waals surface area contributed by atoms with Gasteiger partial charge in [0.2, 0.25) is 0 Å². The maximum absolute atomic E-state index is 11.5. The molecule has 102 valence electrons. The first kappa shape index (κ1) is 14.5. The Kier molecular flexibility index (Phi) is 4.76. The zero-order valence-corrected chi connectivity index (χ0v) is 11.4. The molecule has 0 aromatic carbocycles. The van der Waals surface area contributed by atoms with Crippen molar-refractivity contribution in [3.8, 4) is 0 Å². The lowest BCUT2D eigenvalue weighted by Crippen LogP contribution is -2.40. The van der Waals surface area contributed by atoms with Crippen LogP contribution in [-0.4, -0.2) is 29.8 Å². The molecule has 0 aromatic rings. The number of hydrogen-bond acceptors (Lipinski definition) is 4. The van der Waals surface area contributed by atoms with Crippen LogP contribution < -0.4 is 5.32 Å². The molecule has 2 atom stereocenters. The first-order valence-electron chi connectivity index (χ1n) is 6.11. The third kappa shape index (κ3) is 5.70. The second-order valence-corrected chi connectivity index (χ2v) is 5.36. The van der Waals surface area contributed by atoms with Gasteiger partial charge in [-0.25, -0.2) is 4.79 Å². The molecule has 1 aliphatic rings. The van der Waals surface area contributed by atoms with Crippen LogP contribution in [0, 0.1) is 0 Å². The van der Waals surface area contributed by atoms with Crippen LogP contribution in [-0.2, 0) is 14.3 Å². The standard InChI is InChI=1S/C13H21NO4/c1-9(15)17-11-7-5-10(6-8-11)14-12(16)18-13(2,3)4/h5,7,10-11H,6,8H2,1-4H3,(H,14,16)/t10-,11-/m1/s1. The summed E-state index contributed by atoms with van der Waals surface area (Å²) in [6, 6.07) is -0.0633. The highest BCUT2D eigenvalue weighted by Crippen LogP contribution is 2.15. The largest absolute Gasteiger partial charge is 0.458 e. The molecule has 5 heteroatoms. The van der Waals surface area contributed by atoms with E-state index in [4.69, 9.17) is 9.47 Å². The molecule has 0 saturated heterocycles. The summed E-state index contributed by atoms with van der Waals surface area (Å²) >= 11 is 0. The summed E-state index contributed by atoms with van der Waals surface area (Å²) < 4.78 is 10.2. The van der Waals surface area contributed by atoms with Gasteiger partial charge in [-0.05, 0) is 39.7 Å². The maximum atomic E-state index is 11.5. The summed E-state index contributed by atoms with van der Waals surface area (Å²) in [6.45, 7) is 6.85. The van der Waals surface area contributed by atoms with Gasteiger partial charge in [-0.15, -0.1) is 0 Å². The summed E-state index contributed by atoms with van der Waals surface area (Å²) in [4.78, 5) is 22.3. The van der Waals surface area contributed by atoms with Gasteiger partial charge in [-0.1, -0.05) is 6.08 Å². The number of carbonyl (C=O) groups excluding carboxylic acids is 2. The molecular weight excluding hydrogens is 234 g/mol. The quantitative estimate of drug-likeness (QED) is 0.606. The predicted octanol–water partition coefficient (Wildman–Crippen LogP) is 2.16. The molecule has 0 saturated carbocycles. The zero-order valence-electron chi connectivity index (χ0n) is 11.4. The summed E-state index contributed by atoms with van der Waals surface area (Å²) in [6.07, 6.45) is 4.46. The zero-order chi connectivity index (χ0) is 13.8. The number of carbonyl (C=O) groups is 2. The molecular formula is C13H21NO4. The van der Waals surface area contributed by atoms with Gasteiger partial charge in [0.1, 0.15) is 11.7 Å². The van der Waals surface area contributed by atoms with Crippen molar-refractivity contribution in [3.63, 3.8) is 0 Å². The van der Waals surface area contributed by atoms with E-state index in [1.165, 1.54) is 6.92 Å². The fraction of sp³-hybridized carbons (Fsp3) is 0.692.